The van der Waals surface area contributed by atoms with Crippen LogP contribution in [0.25, 0.3) is 0 Å². The molecule has 6 heteroatoms. The van der Waals surface area contributed by atoms with Gasteiger partial charge in [-0.1, -0.05) is 27.7 Å². The number of aromatic nitrogens is 1. The largest absolute Gasteiger partial charge is 0.355 e. The first-order valence-corrected chi connectivity index (χ1v) is 9.66. The lowest BCUT2D eigenvalue weighted by atomic mass is 10.1. The molecule has 21 heavy (non-hydrogen) atoms. The van der Waals surface area contributed by atoms with Gasteiger partial charge >= 0.3 is 0 Å². The summed E-state index contributed by atoms with van der Waals surface area (Å²) in [5.41, 5.74) is 0.823. The van der Waals surface area contributed by atoms with Crippen LogP contribution >= 0.6 is 11.3 Å². The summed E-state index contributed by atoms with van der Waals surface area (Å²) in [5.74, 6) is 1.15. The van der Waals surface area contributed by atoms with E-state index in [-0.39, 0.29) is 5.91 Å². The van der Waals surface area contributed by atoms with Crippen molar-refractivity contribution in [2.75, 3.05) is 6.54 Å². The van der Waals surface area contributed by atoms with E-state index in [0.29, 0.717) is 24.1 Å². The van der Waals surface area contributed by atoms with E-state index in [2.05, 4.69) is 38.0 Å². The van der Waals surface area contributed by atoms with Crippen molar-refractivity contribution in [3.8, 4) is 0 Å². The Morgan fingerprint density at radius 3 is 2.52 bits per heavy atom. The number of nitrogens with zero attached hydrogens (tertiary/aromatic N) is 1. The van der Waals surface area contributed by atoms with Gasteiger partial charge in [-0.3, -0.25) is 9.00 Å². The monoisotopic (exact) mass is 330 g/mol. The Morgan fingerprint density at radius 2 is 2.00 bits per heavy atom. The van der Waals surface area contributed by atoms with Gasteiger partial charge in [-0.2, -0.15) is 0 Å². The fourth-order valence-electron chi connectivity index (χ4n) is 1.67. The van der Waals surface area contributed by atoms with E-state index in [4.69, 9.17) is 0 Å². The van der Waals surface area contributed by atoms with Gasteiger partial charge in [0.1, 0.15) is 5.25 Å². The van der Waals surface area contributed by atoms with Gasteiger partial charge in [-0.05, 0) is 19.3 Å². The van der Waals surface area contributed by atoms with Crippen LogP contribution in [0.1, 0.15) is 57.7 Å². The first-order valence-electron chi connectivity index (χ1n) is 7.40. The molecule has 0 radical (unpaired) electrons. The van der Waals surface area contributed by atoms with Crippen molar-refractivity contribution in [1.82, 2.24) is 10.3 Å². The molecule has 4 nitrogen and oxygen atoms in total. The van der Waals surface area contributed by atoms with Crippen molar-refractivity contribution in [3.63, 3.8) is 0 Å². The second-order valence-electron chi connectivity index (χ2n) is 5.97. The van der Waals surface area contributed by atoms with E-state index in [1.807, 2.05) is 5.38 Å². The number of carbonyl (C=O) groups is 1. The highest BCUT2D eigenvalue weighted by Crippen LogP contribution is 2.20. The van der Waals surface area contributed by atoms with Crippen LogP contribution in [0.2, 0.25) is 0 Å². The summed E-state index contributed by atoms with van der Waals surface area (Å²) in [6.45, 7) is 10.8. The molecule has 0 fully saturated rings. The Bertz CT molecular complexity index is 484. The molecule has 1 amide bonds. The third-order valence-corrected chi connectivity index (χ3v) is 5.92. The molecule has 1 aromatic heterocycles. The lowest BCUT2D eigenvalue weighted by Crippen LogP contribution is -2.36. The molecule has 0 saturated carbocycles. The minimum absolute atomic E-state index is 0.131. The average molecular weight is 331 g/mol. The number of rotatable bonds is 8. The Morgan fingerprint density at radius 1 is 1.33 bits per heavy atom. The number of hydrogen-bond donors (Lipinski definition) is 1. The van der Waals surface area contributed by atoms with Gasteiger partial charge in [-0.25, -0.2) is 4.98 Å². The molecule has 0 aliphatic heterocycles. The van der Waals surface area contributed by atoms with E-state index in [0.717, 1.165) is 17.1 Å². The van der Waals surface area contributed by atoms with Gasteiger partial charge in [0.25, 0.3) is 0 Å². The predicted molar refractivity (Wildman–Crippen MR) is 90.0 cm³/mol. The smallest absolute Gasteiger partial charge is 0.235 e. The zero-order valence-corrected chi connectivity index (χ0v) is 15.1. The van der Waals surface area contributed by atoms with E-state index in [1.54, 1.807) is 18.3 Å². The van der Waals surface area contributed by atoms with Crippen LogP contribution in [0.5, 0.6) is 0 Å². The maximum atomic E-state index is 12.2. The quantitative estimate of drug-likeness (QED) is 0.797. The first-order chi connectivity index (χ1) is 9.81. The third-order valence-electron chi connectivity index (χ3n) is 3.14. The van der Waals surface area contributed by atoms with Crippen LogP contribution < -0.4 is 5.32 Å². The summed E-state index contributed by atoms with van der Waals surface area (Å²) in [6, 6.07) is 0. The summed E-state index contributed by atoms with van der Waals surface area (Å²) >= 11 is 1.59. The lowest BCUT2D eigenvalue weighted by Gasteiger charge is -2.12. The molecule has 1 N–H and O–H groups in total. The van der Waals surface area contributed by atoms with E-state index in [9.17, 15) is 9.00 Å². The number of carbonyl (C=O) groups excluding carboxylic acids is 1. The molecule has 0 saturated heterocycles. The number of thiazole rings is 1. The van der Waals surface area contributed by atoms with Crippen molar-refractivity contribution in [2.45, 2.75) is 58.0 Å². The highest BCUT2D eigenvalue weighted by molar-refractivity contribution is 7.85. The van der Waals surface area contributed by atoms with Gasteiger partial charge in [-0.15, -0.1) is 11.3 Å². The zero-order chi connectivity index (χ0) is 16.0. The number of nitrogens with one attached hydrogen (secondary N) is 1. The Balaban J connectivity index is 2.47. The fraction of sp³-hybridized carbons (Fsp3) is 0.733. The van der Waals surface area contributed by atoms with Crippen molar-refractivity contribution >= 4 is 28.0 Å². The minimum atomic E-state index is -1.23. The summed E-state index contributed by atoms with van der Waals surface area (Å²) in [5, 5.41) is 5.35. The molecule has 2 atom stereocenters. The average Bonchev–Trinajstić information content (AvgIpc) is 2.85. The van der Waals surface area contributed by atoms with Crippen molar-refractivity contribution in [2.24, 2.45) is 5.92 Å². The molecular formula is C15H26N2O2S2. The molecule has 1 rings (SSSR count). The van der Waals surface area contributed by atoms with Crippen molar-refractivity contribution in [1.29, 1.82) is 0 Å². The molecule has 0 aliphatic rings. The maximum Gasteiger partial charge on any atom is 0.235 e. The first kappa shape index (κ1) is 18.3. The third kappa shape index (κ3) is 6.26. The minimum Gasteiger partial charge on any atom is -0.355 e. The Kier molecular flexibility index (Phi) is 7.52. The molecule has 0 aliphatic carbocycles. The summed E-state index contributed by atoms with van der Waals surface area (Å²) in [7, 11) is -1.23. The SMILES string of the molecule is CC(C)CCNC(=O)C(C)S(=O)Cc1csc(C(C)C)n1. The van der Waals surface area contributed by atoms with Crippen LogP contribution in [-0.2, 0) is 21.3 Å². The summed E-state index contributed by atoms with van der Waals surface area (Å²) in [6.07, 6.45) is 0.939. The highest BCUT2D eigenvalue weighted by Gasteiger charge is 2.21. The Labute approximate surface area is 134 Å². The summed E-state index contributed by atoms with van der Waals surface area (Å²) < 4.78 is 12.2. The number of hydrogen-bond acceptors (Lipinski definition) is 4. The summed E-state index contributed by atoms with van der Waals surface area (Å²) in [4.78, 5) is 16.4. The van der Waals surface area contributed by atoms with E-state index < -0.39 is 16.0 Å². The van der Waals surface area contributed by atoms with Crippen LogP contribution in [-0.4, -0.2) is 26.9 Å². The van der Waals surface area contributed by atoms with E-state index >= 15 is 0 Å². The topological polar surface area (TPSA) is 59.1 Å². The normalized spacial score (nSPS) is 14.4. The fourth-order valence-corrected chi connectivity index (χ4v) is 3.62. The molecule has 120 valence electrons. The van der Waals surface area contributed by atoms with Gasteiger partial charge in [0.2, 0.25) is 5.91 Å². The Hall–Kier alpha value is -0.750. The number of amides is 1. The molecule has 1 heterocycles. The second kappa shape index (κ2) is 8.63. The second-order valence-corrected chi connectivity index (χ2v) is 8.62. The lowest BCUT2D eigenvalue weighted by molar-refractivity contribution is -0.120. The standard InChI is InChI=1S/C15H26N2O2S2/c1-10(2)6-7-16-14(18)12(5)21(19)9-13-8-20-15(17-13)11(3)4/h8,10-12H,6-7,9H2,1-5H3,(H,16,18). The zero-order valence-electron chi connectivity index (χ0n) is 13.5. The molecule has 2 unspecified atom stereocenters. The molecular weight excluding hydrogens is 304 g/mol. The van der Waals surface area contributed by atoms with Crippen LogP contribution in [0, 0.1) is 5.92 Å². The molecule has 1 aromatic rings. The maximum absolute atomic E-state index is 12.2. The van der Waals surface area contributed by atoms with Gasteiger partial charge in [0, 0.05) is 28.6 Å². The van der Waals surface area contributed by atoms with Gasteiger partial charge in [0.15, 0.2) is 0 Å². The predicted octanol–water partition coefficient (Wildman–Crippen LogP) is 3.07. The van der Waals surface area contributed by atoms with Crippen LogP contribution in [0.4, 0.5) is 0 Å². The highest BCUT2D eigenvalue weighted by atomic mass is 32.2. The molecule has 0 bridgehead atoms. The van der Waals surface area contributed by atoms with Crippen molar-refractivity contribution in [3.05, 3.63) is 16.1 Å². The molecule has 0 aromatic carbocycles. The van der Waals surface area contributed by atoms with E-state index in [1.165, 1.54) is 0 Å². The van der Waals surface area contributed by atoms with Gasteiger partial charge in [0.05, 0.1) is 16.5 Å². The van der Waals surface area contributed by atoms with Gasteiger partial charge < -0.3 is 5.32 Å². The molecule has 0 spiro atoms. The van der Waals surface area contributed by atoms with Crippen molar-refractivity contribution < 1.29 is 9.00 Å². The van der Waals surface area contributed by atoms with Crippen LogP contribution in [0.15, 0.2) is 5.38 Å². The van der Waals surface area contributed by atoms with Crippen LogP contribution in [0.3, 0.4) is 0 Å².